The second-order valence-electron chi connectivity index (χ2n) is 5.47. The summed E-state index contributed by atoms with van der Waals surface area (Å²) in [7, 11) is 0. The number of benzene rings is 2. The van der Waals surface area contributed by atoms with Crippen molar-refractivity contribution in [1.82, 2.24) is 9.88 Å². The second-order valence-corrected chi connectivity index (χ2v) is 5.47. The number of aromatic amines is 1. The lowest BCUT2D eigenvalue weighted by Crippen LogP contribution is -2.35. The van der Waals surface area contributed by atoms with Gasteiger partial charge in [-0.15, -0.1) is 0 Å². The molecule has 104 valence electrons. The molecule has 3 nitrogen and oxygen atoms in total. The van der Waals surface area contributed by atoms with E-state index in [0.29, 0.717) is 6.54 Å². The molecule has 0 saturated heterocycles. The molecule has 0 radical (unpaired) electrons. The van der Waals surface area contributed by atoms with E-state index >= 15 is 0 Å². The van der Waals surface area contributed by atoms with E-state index in [1.165, 1.54) is 16.6 Å². The molecule has 1 aromatic heterocycles. The number of nitrogens with one attached hydrogen (secondary N) is 1. The number of H-pyrrole nitrogens is 1. The van der Waals surface area contributed by atoms with Crippen molar-refractivity contribution in [2.24, 2.45) is 0 Å². The van der Waals surface area contributed by atoms with Crippen molar-refractivity contribution in [1.29, 1.82) is 0 Å². The minimum Gasteiger partial charge on any atom is -0.358 e. The zero-order valence-corrected chi connectivity index (χ0v) is 11.7. The summed E-state index contributed by atoms with van der Waals surface area (Å²) in [5, 5.41) is 1.23. The van der Waals surface area contributed by atoms with Crippen LogP contribution in [0.1, 0.15) is 21.6 Å². The number of carbonyl (C=O) groups excluding carboxylic acids is 1. The third kappa shape index (κ3) is 2.02. The van der Waals surface area contributed by atoms with Crippen LogP contribution >= 0.6 is 0 Å². The first-order chi connectivity index (χ1) is 10.3. The summed E-state index contributed by atoms with van der Waals surface area (Å²) in [6.45, 7) is 1.46. The zero-order valence-electron chi connectivity index (χ0n) is 11.7. The monoisotopic (exact) mass is 276 g/mol. The summed E-state index contributed by atoms with van der Waals surface area (Å²) in [6, 6.07) is 17.8. The molecule has 1 N–H and O–H groups in total. The van der Waals surface area contributed by atoms with Crippen molar-refractivity contribution in [3.8, 4) is 0 Å². The van der Waals surface area contributed by atoms with Crippen LogP contribution in [0.5, 0.6) is 0 Å². The van der Waals surface area contributed by atoms with E-state index in [1.807, 2.05) is 41.3 Å². The van der Waals surface area contributed by atoms with Gasteiger partial charge in [-0.05, 0) is 18.2 Å². The van der Waals surface area contributed by atoms with Crippen LogP contribution in [0.25, 0.3) is 10.9 Å². The standard InChI is InChI=1S/C18H16N2O/c21-18(13-6-2-1-3-7-13)20-11-10-17-15(12-20)14-8-4-5-9-16(14)19-17/h1-9,19H,10-12H2. The molecular weight excluding hydrogens is 260 g/mol. The molecule has 21 heavy (non-hydrogen) atoms. The van der Waals surface area contributed by atoms with Crippen molar-refractivity contribution < 1.29 is 4.79 Å². The molecular formula is C18H16N2O. The normalized spacial score (nSPS) is 14.2. The van der Waals surface area contributed by atoms with E-state index in [4.69, 9.17) is 0 Å². The Morgan fingerprint density at radius 3 is 2.62 bits per heavy atom. The molecule has 0 unspecified atom stereocenters. The van der Waals surface area contributed by atoms with Crippen LogP contribution in [0, 0.1) is 0 Å². The maximum atomic E-state index is 12.6. The highest BCUT2D eigenvalue weighted by Gasteiger charge is 2.24. The lowest BCUT2D eigenvalue weighted by Gasteiger charge is -2.27. The minimum absolute atomic E-state index is 0.117. The van der Waals surface area contributed by atoms with Gasteiger partial charge in [0.15, 0.2) is 0 Å². The van der Waals surface area contributed by atoms with Crippen molar-refractivity contribution in [2.75, 3.05) is 6.54 Å². The van der Waals surface area contributed by atoms with E-state index in [0.717, 1.165) is 24.0 Å². The highest BCUT2D eigenvalue weighted by atomic mass is 16.2. The summed E-state index contributed by atoms with van der Waals surface area (Å²) in [5.41, 5.74) is 4.46. The average molecular weight is 276 g/mol. The van der Waals surface area contributed by atoms with Crippen LogP contribution in [0.4, 0.5) is 0 Å². The van der Waals surface area contributed by atoms with Crippen molar-refractivity contribution in [3.63, 3.8) is 0 Å². The van der Waals surface area contributed by atoms with Crippen LogP contribution < -0.4 is 0 Å². The first-order valence-electron chi connectivity index (χ1n) is 7.26. The Bertz CT molecular complexity index is 804. The number of hydrogen-bond acceptors (Lipinski definition) is 1. The highest BCUT2D eigenvalue weighted by molar-refractivity contribution is 5.95. The lowest BCUT2D eigenvalue weighted by atomic mass is 10.0. The predicted molar refractivity (Wildman–Crippen MR) is 83.2 cm³/mol. The van der Waals surface area contributed by atoms with Gasteiger partial charge in [-0.1, -0.05) is 36.4 Å². The Labute approximate surface area is 123 Å². The van der Waals surface area contributed by atoms with E-state index < -0.39 is 0 Å². The number of rotatable bonds is 1. The first kappa shape index (κ1) is 12.2. The first-order valence-corrected chi connectivity index (χ1v) is 7.26. The Morgan fingerprint density at radius 1 is 1.00 bits per heavy atom. The summed E-state index contributed by atoms with van der Waals surface area (Å²) < 4.78 is 0. The quantitative estimate of drug-likeness (QED) is 0.727. The van der Waals surface area contributed by atoms with Gasteiger partial charge in [0, 0.05) is 47.2 Å². The van der Waals surface area contributed by atoms with Crippen molar-refractivity contribution in [3.05, 3.63) is 71.4 Å². The smallest absolute Gasteiger partial charge is 0.254 e. The lowest BCUT2D eigenvalue weighted by molar-refractivity contribution is 0.0735. The summed E-state index contributed by atoms with van der Waals surface area (Å²) in [4.78, 5) is 18.0. The Hall–Kier alpha value is -2.55. The number of hydrogen-bond donors (Lipinski definition) is 1. The maximum absolute atomic E-state index is 12.6. The molecule has 1 aliphatic rings. The molecule has 0 spiro atoms. The molecule has 2 aromatic carbocycles. The molecule has 1 aliphatic heterocycles. The van der Waals surface area contributed by atoms with Gasteiger partial charge in [0.1, 0.15) is 0 Å². The third-order valence-corrected chi connectivity index (χ3v) is 4.19. The van der Waals surface area contributed by atoms with Gasteiger partial charge < -0.3 is 9.88 Å². The fourth-order valence-corrected chi connectivity index (χ4v) is 3.10. The number of amides is 1. The number of aromatic nitrogens is 1. The molecule has 4 rings (SSSR count). The molecule has 0 saturated carbocycles. The van der Waals surface area contributed by atoms with Crippen LogP contribution in [0.15, 0.2) is 54.6 Å². The summed E-state index contributed by atoms with van der Waals surface area (Å²) in [6.07, 6.45) is 0.891. The largest absolute Gasteiger partial charge is 0.358 e. The van der Waals surface area contributed by atoms with Crippen LogP contribution in [-0.2, 0) is 13.0 Å². The van der Waals surface area contributed by atoms with Gasteiger partial charge in [0.2, 0.25) is 0 Å². The fraction of sp³-hybridized carbons (Fsp3) is 0.167. The van der Waals surface area contributed by atoms with E-state index in [-0.39, 0.29) is 5.91 Å². The highest BCUT2D eigenvalue weighted by Crippen LogP contribution is 2.28. The molecule has 0 atom stereocenters. The van der Waals surface area contributed by atoms with Gasteiger partial charge in [0.25, 0.3) is 5.91 Å². The third-order valence-electron chi connectivity index (χ3n) is 4.19. The number of nitrogens with zero attached hydrogens (tertiary/aromatic N) is 1. The SMILES string of the molecule is O=C(c1ccccc1)N1CCc2[nH]c3ccccc3c2C1. The van der Waals surface area contributed by atoms with Crippen LogP contribution in [-0.4, -0.2) is 22.3 Å². The second kappa shape index (κ2) is 4.77. The van der Waals surface area contributed by atoms with E-state index in [2.05, 4.69) is 23.2 Å². The Balaban J connectivity index is 1.69. The maximum Gasteiger partial charge on any atom is 0.254 e. The van der Waals surface area contributed by atoms with E-state index in [1.54, 1.807) is 0 Å². The van der Waals surface area contributed by atoms with E-state index in [9.17, 15) is 4.79 Å². The molecule has 1 amide bonds. The Morgan fingerprint density at radius 2 is 1.76 bits per heavy atom. The summed E-state index contributed by atoms with van der Waals surface area (Å²) >= 11 is 0. The molecule has 3 aromatic rings. The van der Waals surface area contributed by atoms with Crippen LogP contribution in [0.2, 0.25) is 0 Å². The number of fused-ring (bicyclic) bond motifs is 3. The molecule has 0 bridgehead atoms. The van der Waals surface area contributed by atoms with Gasteiger partial charge in [-0.3, -0.25) is 4.79 Å². The zero-order chi connectivity index (χ0) is 14.2. The predicted octanol–water partition coefficient (Wildman–Crippen LogP) is 3.37. The molecule has 0 aliphatic carbocycles. The Kier molecular flexibility index (Phi) is 2.78. The van der Waals surface area contributed by atoms with Gasteiger partial charge in [0.05, 0.1) is 0 Å². The minimum atomic E-state index is 0.117. The average Bonchev–Trinajstić information content (AvgIpc) is 2.93. The molecule has 0 fully saturated rings. The summed E-state index contributed by atoms with van der Waals surface area (Å²) in [5.74, 6) is 0.117. The topological polar surface area (TPSA) is 36.1 Å². The number of para-hydroxylation sites is 1. The molecule has 2 heterocycles. The van der Waals surface area contributed by atoms with Gasteiger partial charge >= 0.3 is 0 Å². The van der Waals surface area contributed by atoms with Crippen molar-refractivity contribution >= 4 is 16.8 Å². The van der Waals surface area contributed by atoms with Crippen LogP contribution in [0.3, 0.4) is 0 Å². The molecule has 3 heteroatoms. The number of carbonyl (C=O) groups is 1. The van der Waals surface area contributed by atoms with Gasteiger partial charge in [-0.2, -0.15) is 0 Å². The van der Waals surface area contributed by atoms with Crippen molar-refractivity contribution in [2.45, 2.75) is 13.0 Å². The van der Waals surface area contributed by atoms with Gasteiger partial charge in [-0.25, -0.2) is 0 Å². The fourth-order valence-electron chi connectivity index (χ4n) is 3.10.